The highest BCUT2D eigenvalue weighted by atomic mass is 16.5. The lowest BCUT2D eigenvalue weighted by molar-refractivity contribution is 0.419. The highest BCUT2D eigenvalue weighted by Crippen LogP contribution is 2.28. The number of anilines is 1. The fourth-order valence-electron chi connectivity index (χ4n) is 3.74. The Morgan fingerprint density at radius 3 is 2.96 bits per heavy atom. The molecule has 0 bridgehead atoms. The number of pyridine rings is 1. The molecule has 140 valence electrons. The van der Waals surface area contributed by atoms with Crippen LogP contribution in [0, 0.1) is 0 Å². The maximum atomic E-state index is 5.45. The van der Waals surface area contributed by atoms with E-state index in [2.05, 4.69) is 50.4 Å². The molecular weight excluding hydrogens is 338 g/mol. The van der Waals surface area contributed by atoms with E-state index in [1.54, 1.807) is 19.6 Å². The Balaban J connectivity index is 1.59. The van der Waals surface area contributed by atoms with E-state index < -0.39 is 0 Å². The van der Waals surface area contributed by atoms with Crippen molar-refractivity contribution in [3.8, 4) is 5.75 Å². The largest absolute Gasteiger partial charge is 0.494 e. The summed E-state index contributed by atoms with van der Waals surface area (Å²) >= 11 is 0. The summed E-state index contributed by atoms with van der Waals surface area (Å²) in [5, 5.41) is 4.57. The maximum absolute atomic E-state index is 5.45. The average molecular weight is 363 g/mol. The van der Waals surface area contributed by atoms with Crippen molar-refractivity contribution in [3.05, 3.63) is 54.1 Å². The molecule has 27 heavy (non-hydrogen) atoms. The van der Waals surface area contributed by atoms with Gasteiger partial charge in [-0.2, -0.15) is 0 Å². The maximum Gasteiger partial charge on any atom is 0.145 e. The van der Waals surface area contributed by atoms with Crippen LogP contribution in [0.3, 0.4) is 0 Å². The number of benzene rings is 1. The van der Waals surface area contributed by atoms with Crippen molar-refractivity contribution in [1.82, 2.24) is 20.3 Å². The Kier molecular flexibility index (Phi) is 5.16. The third-order valence-corrected chi connectivity index (χ3v) is 5.23. The summed E-state index contributed by atoms with van der Waals surface area (Å²) in [4.78, 5) is 15.7. The predicted molar refractivity (Wildman–Crippen MR) is 107 cm³/mol. The average Bonchev–Trinajstić information content (AvgIpc) is 2.74. The lowest BCUT2D eigenvalue weighted by atomic mass is 9.96. The number of nitrogens with zero attached hydrogens (tertiary/aromatic N) is 4. The van der Waals surface area contributed by atoms with E-state index >= 15 is 0 Å². The first-order chi connectivity index (χ1) is 13.3. The predicted octanol–water partition coefficient (Wildman–Crippen LogP) is 3.14. The molecule has 2 aromatic heterocycles. The van der Waals surface area contributed by atoms with Crippen LogP contribution in [0.4, 0.5) is 5.82 Å². The molecule has 1 atom stereocenters. The number of rotatable bonds is 5. The highest BCUT2D eigenvalue weighted by Gasteiger charge is 2.18. The van der Waals surface area contributed by atoms with Gasteiger partial charge >= 0.3 is 0 Å². The monoisotopic (exact) mass is 363 g/mol. The Hall–Kier alpha value is -2.73. The highest BCUT2D eigenvalue weighted by molar-refractivity contribution is 5.87. The number of piperidine rings is 1. The molecule has 0 radical (unpaired) electrons. The van der Waals surface area contributed by atoms with Crippen LogP contribution in [0.1, 0.15) is 30.0 Å². The van der Waals surface area contributed by atoms with E-state index in [0.717, 1.165) is 47.8 Å². The zero-order valence-corrected chi connectivity index (χ0v) is 15.9. The summed E-state index contributed by atoms with van der Waals surface area (Å²) in [5.74, 6) is 2.21. The Morgan fingerprint density at radius 1 is 1.22 bits per heavy atom. The first kappa shape index (κ1) is 17.7. The Labute approximate surface area is 159 Å². The number of aromatic nitrogens is 3. The van der Waals surface area contributed by atoms with Crippen molar-refractivity contribution in [3.63, 3.8) is 0 Å². The van der Waals surface area contributed by atoms with Gasteiger partial charge in [0.05, 0.1) is 12.8 Å². The molecule has 6 heteroatoms. The fraction of sp³-hybridized carbons (Fsp3) is 0.381. The quantitative estimate of drug-likeness (QED) is 0.751. The molecule has 1 fully saturated rings. The number of hydrogen-bond acceptors (Lipinski definition) is 6. The van der Waals surface area contributed by atoms with E-state index in [-0.39, 0.29) is 0 Å². The molecule has 1 aliphatic heterocycles. The molecule has 3 aromatic rings. The summed E-state index contributed by atoms with van der Waals surface area (Å²) in [6.45, 7) is 2.84. The normalized spacial score (nSPS) is 17.0. The summed E-state index contributed by atoms with van der Waals surface area (Å²) in [6.07, 6.45) is 5.86. The van der Waals surface area contributed by atoms with Gasteiger partial charge in [0.25, 0.3) is 0 Å². The zero-order valence-electron chi connectivity index (χ0n) is 15.9. The number of hydrogen-bond donors (Lipinski definition) is 1. The summed E-state index contributed by atoms with van der Waals surface area (Å²) < 4.78 is 5.45. The molecule has 0 aliphatic carbocycles. The SMILES string of the molecule is COc1ccc(CN(C)c2cc([C@@H]3CCCNC3)ncn2)c2cccnc12. The molecule has 4 rings (SSSR count). The number of fused-ring (bicyclic) bond motifs is 1. The molecule has 1 N–H and O–H groups in total. The topological polar surface area (TPSA) is 63.2 Å². The van der Waals surface area contributed by atoms with Gasteiger partial charge in [-0.25, -0.2) is 9.97 Å². The van der Waals surface area contributed by atoms with Gasteiger partial charge in [0.1, 0.15) is 23.4 Å². The second kappa shape index (κ2) is 7.88. The van der Waals surface area contributed by atoms with Crippen LogP contribution in [0.2, 0.25) is 0 Å². The van der Waals surface area contributed by atoms with Gasteiger partial charge in [-0.15, -0.1) is 0 Å². The first-order valence-corrected chi connectivity index (χ1v) is 9.40. The van der Waals surface area contributed by atoms with Gasteiger partial charge in [-0.3, -0.25) is 4.98 Å². The van der Waals surface area contributed by atoms with E-state index in [9.17, 15) is 0 Å². The Bertz CT molecular complexity index is 923. The van der Waals surface area contributed by atoms with Crippen molar-refractivity contribution in [2.45, 2.75) is 25.3 Å². The number of nitrogens with one attached hydrogen (secondary N) is 1. The molecule has 6 nitrogen and oxygen atoms in total. The minimum Gasteiger partial charge on any atom is -0.494 e. The van der Waals surface area contributed by atoms with Crippen molar-refractivity contribution in [2.24, 2.45) is 0 Å². The van der Waals surface area contributed by atoms with Crippen molar-refractivity contribution in [2.75, 3.05) is 32.1 Å². The lowest BCUT2D eigenvalue weighted by Gasteiger charge is -2.24. The molecule has 0 unspecified atom stereocenters. The van der Waals surface area contributed by atoms with Gasteiger partial charge in [-0.1, -0.05) is 12.1 Å². The number of ether oxygens (including phenoxy) is 1. The molecule has 0 saturated carbocycles. The van der Waals surface area contributed by atoms with Crippen LogP contribution in [-0.4, -0.2) is 42.2 Å². The molecule has 0 spiro atoms. The van der Waals surface area contributed by atoms with Crippen LogP contribution in [0.15, 0.2) is 42.9 Å². The standard InChI is InChI=1S/C21H25N5O/c1-26(20-11-18(24-14-25-20)15-5-3-9-22-12-15)13-16-7-8-19(27-2)21-17(16)6-4-10-23-21/h4,6-8,10-11,14-15,22H,3,5,9,12-13H2,1-2H3/t15-/m1/s1. The van der Waals surface area contributed by atoms with Crippen LogP contribution >= 0.6 is 0 Å². The minimum absolute atomic E-state index is 0.472. The smallest absolute Gasteiger partial charge is 0.145 e. The van der Waals surface area contributed by atoms with Gasteiger partial charge in [0.2, 0.25) is 0 Å². The van der Waals surface area contributed by atoms with E-state index in [1.807, 2.05) is 12.1 Å². The van der Waals surface area contributed by atoms with Crippen LogP contribution < -0.4 is 15.0 Å². The van der Waals surface area contributed by atoms with Crippen molar-refractivity contribution >= 4 is 16.7 Å². The van der Waals surface area contributed by atoms with Crippen LogP contribution in [0.25, 0.3) is 10.9 Å². The van der Waals surface area contributed by atoms with Crippen molar-refractivity contribution in [1.29, 1.82) is 0 Å². The summed E-state index contributed by atoms with van der Waals surface area (Å²) in [6, 6.07) is 10.3. The van der Waals surface area contributed by atoms with Gasteiger partial charge in [0.15, 0.2) is 0 Å². The first-order valence-electron chi connectivity index (χ1n) is 9.40. The minimum atomic E-state index is 0.472. The van der Waals surface area contributed by atoms with E-state index in [0.29, 0.717) is 5.92 Å². The third kappa shape index (κ3) is 3.71. The summed E-state index contributed by atoms with van der Waals surface area (Å²) in [7, 11) is 3.75. The number of methoxy groups -OCH3 is 1. The van der Waals surface area contributed by atoms with Gasteiger partial charge in [-0.05, 0) is 37.1 Å². The third-order valence-electron chi connectivity index (χ3n) is 5.23. The van der Waals surface area contributed by atoms with E-state index in [1.165, 1.54) is 18.4 Å². The zero-order chi connectivity index (χ0) is 18.6. The van der Waals surface area contributed by atoms with Crippen LogP contribution in [0.5, 0.6) is 5.75 Å². The van der Waals surface area contributed by atoms with Crippen molar-refractivity contribution < 1.29 is 4.74 Å². The molecule has 1 aliphatic rings. The molecule has 1 saturated heterocycles. The molecule has 3 heterocycles. The van der Waals surface area contributed by atoms with E-state index in [4.69, 9.17) is 4.74 Å². The second-order valence-electron chi connectivity index (χ2n) is 7.03. The second-order valence-corrected chi connectivity index (χ2v) is 7.03. The fourth-order valence-corrected chi connectivity index (χ4v) is 3.74. The Morgan fingerprint density at radius 2 is 2.15 bits per heavy atom. The molecule has 1 aromatic carbocycles. The summed E-state index contributed by atoms with van der Waals surface area (Å²) in [5.41, 5.74) is 3.21. The van der Waals surface area contributed by atoms with Gasteiger partial charge in [0, 0.05) is 43.7 Å². The molecular formula is C21H25N5O. The molecule has 0 amide bonds. The van der Waals surface area contributed by atoms with Gasteiger partial charge < -0.3 is 15.0 Å². The lowest BCUT2D eigenvalue weighted by Crippen LogP contribution is -2.29. The van der Waals surface area contributed by atoms with Crippen LogP contribution in [-0.2, 0) is 6.54 Å².